The van der Waals surface area contributed by atoms with Crippen LogP contribution in [-0.4, -0.2) is 62.1 Å². The van der Waals surface area contributed by atoms with Gasteiger partial charge in [-0.3, -0.25) is 4.79 Å². The van der Waals surface area contributed by atoms with Gasteiger partial charge in [0.1, 0.15) is 5.76 Å². The molecule has 5 heteroatoms. The van der Waals surface area contributed by atoms with Crippen LogP contribution in [0.25, 0.3) is 0 Å². The predicted octanol–water partition coefficient (Wildman–Crippen LogP) is 1.69. The highest BCUT2D eigenvalue weighted by Crippen LogP contribution is 2.18. The molecule has 1 aliphatic heterocycles. The molecule has 0 bridgehead atoms. The fraction of sp³-hybridized carbons (Fsp3) is 0.667. The van der Waals surface area contributed by atoms with Crippen molar-refractivity contribution in [3.8, 4) is 0 Å². The number of carbonyl (C=O) groups excluding carboxylic acids is 1. The smallest absolute Gasteiger partial charge is 0.290 e. The van der Waals surface area contributed by atoms with Gasteiger partial charge in [-0.1, -0.05) is 0 Å². The van der Waals surface area contributed by atoms with Crippen LogP contribution in [0.4, 0.5) is 0 Å². The summed E-state index contributed by atoms with van der Waals surface area (Å²) in [4.78, 5) is 16.5. The highest BCUT2D eigenvalue weighted by Gasteiger charge is 2.27. The highest BCUT2D eigenvalue weighted by atomic mass is 16.5. The highest BCUT2D eigenvalue weighted by molar-refractivity contribution is 5.93. The maximum Gasteiger partial charge on any atom is 0.290 e. The van der Waals surface area contributed by atoms with Gasteiger partial charge in [-0.05, 0) is 40.4 Å². The monoisotopic (exact) mass is 280 g/mol. The van der Waals surface area contributed by atoms with Crippen molar-refractivity contribution in [2.75, 3.05) is 40.3 Å². The molecule has 1 aliphatic rings. The van der Waals surface area contributed by atoms with E-state index in [2.05, 4.69) is 4.90 Å². The van der Waals surface area contributed by atoms with Crippen molar-refractivity contribution < 1.29 is 13.9 Å². The van der Waals surface area contributed by atoms with Crippen LogP contribution in [0.1, 0.15) is 28.3 Å². The first kappa shape index (κ1) is 15.1. The molecule has 0 aromatic carbocycles. The second kappa shape index (κ2) is 6.41. The van der Waals surface area contributed by atoms with E-state index in [4.69, 9.17) is 9.15 Å². The summed E-state index contributed by atoms with van der Waals surface area (Å²) < 4.78 is 11.3. The van der Waals surface area contributed by atoms with E-state index in [-0.39, 0.29) is 12.0 Å². The van der Waals surface area contributed by atoms with E-state index in [0.29, 0.717) is 25.5 Å². The Morgan fingerprint density at radius 3 is 2.80 bits per heavy atom. The zero-order valence-electron chi connectivity index (χ0n) is 12.8. The van der Waals surface area contributed by atoms with Gasteiger partial charge in [-0.15, -0.1) is 0 Å². The van der Waals surface area contributed by atoms with E-state index in [1.165, 1.54) is 0 Å². The van der Waals surface area contributed by atoms with E-state index < -0.39 is 0 Å². The van der Waals surface area contributed by atoms with E-state index in [0.717, 1.165) is 24.3 Å². The predicted molar refractivity (Wildman–Crippen MR) is 77.0 cm³/mol. The summed E-state index contributed by atoms with van der Waals surface area (Å²) >= 11 is 0. The summed E-state index contributed by atoms with van der Waals surface area (Å²) in [6, 6.07) is 1.90. The van der Waals surface area contributed by atoms with Crippen LogP contribution in [-0.2, 0) is 4.74 Å². The first-order chi connectivity index (χ1) is 9.47. The van der Waals surface area contributed by atoms with Gasteiger partial charge < -0.3 is 19.0 Å². The summed E-state index contributed by atoms with van der Waals surface area (Å²) in [5.41, 5.74) is 0.906. The number of hydrogen-bond acceptors (Lipinski definition) is 4. The molecule has 0 spiro atoms. The van der Waals surface area contributed by atoms with Crippen LogP contribution >= 0.6 is 0 Å². The molecule has 1 atom stereocenters. The summed E-state index contributed by atoms with van der Waals surface area (Å²) in [5.74, 6) is 1.23. The van der Waals surface area contributed by atoms with Crippen LogP contribution in [0.5, 0.6) is 0 Å². The minimum Gasteiger partial charge on any atom is -0.456 e. The lowest BCUT2D eigenvalue weighted by Crippen LogP contribution is -2.46. The Balaban J connectivity index is 1.98. The summed E-state index contributed by atoms with van der Waals surface area (Å²) in [6.45, 7) is 6.62. The van der Waals surface area contributed by atoms with Crippen LogP contribution in [0.15, 0.2) is 10.5 Å². The number of morpholine rings is 1. The number of carbonyl (C=O) groups is 1. The quantitative estimate of drug-likeness (QED) is 0.842. The summed E-state index contributed by atoms with van der Waals surface area (Å²) in [7, 11) is 4.08. The Morgan fingerprint density at radius 1 is 1.45 bits per heavy atom. The van der Waals surface area contributed by atoms with Gasteiger partial charge in [0, 0.05) is 25.2 Å². The summed E-state index contributed by atoms with van der Waals surface area (Å²) in [5, 5.41) is 0. The maximum absolute atomic E-state index is 12.5. The lowest BCUT2D eigenvalue weighted by molar-refractivity contribution is -0.0279. The number of aryl methyl sites for hydroxylation is 2. The SMILES string of the molecule is Cc1cc(C)c(C(=O)N2CCO[C@H](CCN(C)C)C2)o1. The molecule has 112 valence electrons. The van der Waals surface area contributed by atoms with Crippen molar-refractivity contribution in [1.29, 1.82) is 0 Å². The number of hydrogen-bond donors (Lipinski definition) is 0. The molecule has 0 unspecified atom stereocenters. The number of rotatable bonds is 4. The van der Waals surface area contributed by atoms with Crippen molar-refractivity contribution in [3.63, 3.8) is 0 Å². The van der Waals surface area contributed by atoms with Gasteiger partial charge in [0.15, 0.2) is 5.76 Å². The second-order valence-corrected chi connectivity index (χ2v) is 5.71. The van der Waals surface area contributed by atoms with Gasteiger partial charge >= 0.3 is 0 Å². The van der Waals surface area contributed by atoms with E-state index >= 15 is 0 Å². The van der Waals surface area contributed by atoms with Crippen molar-refractivity contribution >= 4 is 5.91 Å². The second-order valence-electron chi connectivity index (χ2n) is 5.71. The third-order valence-electron chi connectivity index (χ3n) is 3.56. The first-order valence-electron chi connectivity index (χ1n) is 7.10. The molecule has 1 aromatic rings. The Bertz CT molecular complexity index is 468. The van der Waals surface area contributed by atoms with Gasteiger partial charge in [0.25, 0.3) is 5.91 Å². The molecule has 2 heterocycles. The molecule has 1 saturated heterocycles. The van der Waals surface area contributed by atoms with Crippen molar-refractivity contribution in [2.24, 2.45) is 0 Å². The van der Waals surface area contributed by atoms with Gasteiger partial charge in [-0.2, -0.15) is 0 Å². The third-order valence-corrected chi connectivity index (χ3v) is 3.56. The molecule has 0 aliphatic carbocycles. The van der Waals surface area contributed by atoms with Crippen molar-refractivity contribution in [3.05, 3.63) is 23.2 Å². The van der Waals surface area contributed by atoms with Gasteiger partial charge in [0.2, 0.25) is 0 Å². The normalized spacial score (nSPS) is 19.6. The fourth-order valence-corrected chi connectivity index (χ4v) is 2.48. The van der Waals surface area contributed by atoms with Crippen LogP contribution in [0.3, 0.4) is 0 Å². The summed E-state index contributed by atoms with van der Waals surface area (Å²) in [6.07, 6.45) is 1.05. The minimum absolute atomic E-state index is 0.0197. The molecule has 1 fully saturated rings. The standard InChI is InChI=1S/C15H24N2O3/c1-11-9-12(2)20-14(11)15(18)17-7-8-19-13(10-17)5-6-16(3)4/h9,13H,5-8,10H2,1-4H3/t13-/m1/s1. The fourth-order valence-electron chi connectivity index (χ4n) is 2.48. The van der Waals surface area contributed by atoms with E-state index in [1.807, 2.05) is 38.9 Å². The molecule has 5 nitrogen and oxygen atoms in total. The first-order valence-corrected chi connectivity index (χ1v) is 7.10. The lowest BCUT2D eigenvalue weighted by Gasteiger charge is -2.33. The van der Waals surface area contributed by atoms with Crippen molar-refractivity contribution in [2.45, 2.75) is 26.4 Å². The Kier molecular flexibility index (Phi) is 4.83. The average Bonchev–Trinajstić information content (AvgIpc) is 2.75. The van der Waals surface area contributed by atoms with Crippen LogP contribution in [0.2, 0.25) is 0 Å². The molecule has 1 amide bonds. The van der Waals surface area contributed by atoms with E-state index in [9.17, 15) is 4.79 Å². The van der Waals surface area contributed by atoms with Crippen molar-refractivity contribution in [1.82, 2.24) is 9.80 Å². The molecule has 20 heavy (non-hydrogen) atoms. The largest absolute Gasteiger partial charge is 0.456 e. The number of amides is 1. The maximum atomic E-state index is 12.5. The third kappa shape index (κ3) is 3.61. The number of ether oxygens (including phenoxy) is 1. The average molecular weight is 280 g/mol. The molecular formula is C15H24N2O3. The Labute approximate surface area is 120 Å². The van der Waals surface area contributed by atoms with Gasteiger partial charge in [0.05, 0.1) is 12.7 Å². The molecule has 0 radical (unpaired) electrons. The topological polar surface area (TPSA) is 45.9 Å². The lowest BCUT2D eigenvalue weighted by atomic mass is 10.1. The molecule has 0 N–H and O–H groups in total. The molecular weight excluding hydrogens is 256 g/mol. The zero-order chi connectivity index (χ0) is 14.7. The molecule has 1 aromatic heterocycles. The molecule has 0 saturated carbocycles. The van der Waals surface area contributed by atoms with E-state index in [1.54, 1.807) is 0 Å². The minimum atomic E-state index is -0.0197. The number of nitrogens with zero attached hydrogens (tertiary/aromatic N) is 2. The number of furan rings is 1. The van der Waals surface area contributed by atoms with Crippen LogP contribution < -0.4 is 0 Å². The Hall–Kier alpha value is -1.33. The molecule has 2 rings (SSSR count). The Morgan fingerprint density at radius 2 is 2.20 bits per heavy atom. The zero-order valence-corrected chi connectivity index (χ0v) is 12.8. The van der Waals surface area contributed by atoms with Gasteiger partial charge in [-0.25, -0.2) is 0 Å². The van der Waals surface area contributed by atoms with Crippen LogP contribution in [0, 0.1) is 13.8 Å².